The molecule has 1 aromatic rings. The van der Waals surface area contributed by atoms with Crippen LogP contribution in [0.1, 0.15) is 18.9 Å². The third-order valence-corrected chi connectivity index (χ3v) is 2.67. The summed E-state index contributed by atoms with van der Waals surface area (Å²) < 4.78 is 0. The molecule has 0 saturated heterocycles. The van der Waals surface area contributed by atoms with Gasteiger partial charge >= 0.3 is 0 Å². The highest BCUT2D eigenvalue weighted by atomic mass is 16.6. The molecule has 0 aromatic heterocycles. The lowest BCUT2D eigenvalue weighted by atomic mass is 10.0. The van der Waals surface area contributed by atoms with Gasteiger partial charge in [-0.2, -0.15) is 0 Å². The summed E-state index contributed by atoms with van der Waals surface area (Å²) in [7, 11) is 0. The second kappa shape index (κ2) is 6.98. The van der Waals surface area contributed by atoms with Gasteiger partial charge in [0.1, 0.15) is 0 Å². The Kier molecular flexibility index (Phi) is 5.59. The van der Waals surface area contributed by atoms with Crippen LogP contribution in [0.2, 0.25) is 0 Å². The second-order valence-corrected chi connectivity index (χ2v) is 3.98. The zero-order valence-electron chi connectivity index (χ0n) is 10.1. The molecule has 5 nitrogen and oxygen atoms in total. The summed E-state index contributed by atoms with van der Waals surface area (Å²) >= 11 is 0. The number of nitrogens with two attached hydrogens (primary N) is 1. The minimum Gasteiger partial charge on any atom is -0.329 e. The fourth-order valence-corrected chi connectivity index (χ4v) is 1.73. The highest BCUT2D eigenvalue weighted by Gasteiger charge is 2.10. The van der Waals surface area contributed by atoms with E-state index in [1.54, 1.807) is 12.1 Å². The highest BCUT2D eigenvalue weighted by Crippen LogP contribution is 2.15. The van der Waals surface area contributed by atoms with Crippen LogP contribution in [0.15, 0.2) is 24.3 Å². The van der Waals surface area contributed by atoms with Crippen molar-refractivity contribution in [1.82, 2.24) is 5.32 Å². The number of nitro benzene ring substituents is 1. The molecule has 0 saturated carbocycles. The van der Waals surface area contributed by atoms with Crippen molar-refractivity contribution < 1.29 is 4.92 Å². The van der Waals surface area contributed by atoms with Crippen molar-refractivity contribution in [3.05, 3.63) is 39.9 Å². The Morgan fingerprint density at radius 3 is 2.88 bits per heavy atom. The van der Waals surface area contributed by atoms with E-state index in [0.717, 1.165) is 24.9 Å². The summed E-state index contributed by atoms with van der Waals surface area (Å²) in [5.74, 6) is 0. The van der Waals surface area contributed by atoms with Crippen LogP contribution in [0, 0.1) is 10.1 Å². The van der Waals surface area contributed by atoms with E-state index in [9.17, 15) is 10.1 Å². The van der Waals surface area contributed by atoms with Crippen molar-refractivity contribution in [2.24, 2.45) is 5.73 Å². The first kappa shape index (κ1) is 13.6. The molecule has 3 N–H and O–H groups in total. The number of nitrogens with zero attached hydrogens (tertiary/aromatic N) is 1. The van der Waals surface area contributed by atoms with E-state index < -0.39 is 0 Å². The quantitative estimate of drug-likeness (QED) is 0.555. The van der Waals surface area contributed by atoms with Crippen LogP contribution in [0.4, 0.5) is 5.69 Å². The van der Waals surface area contributed by atoms with Gasteiger partial charge in [-0.15, -0.1) is 0 Å². The molecule has 1 atom stereocenters. The van der Waals surface area contributed by atoms with Gasteiger partial charge in [0.2, 0.25) is 0 Å². The molecule has 0 fully saturated rings. The molecule has 0 aliphatic heterocycles. The van der Waals surface area contributed by atoms with Crippen molar-refractivity contribution >= 4 is 5.69 Å². The van der Waals surface area contributed by atoms with Crippen LogP contribution in [0.5, 0.6) is 0 Å². The zero-order chi connectivity index (χ0) is 12.7. The van der Waals surface area contributed by atoms with Gasteiger partial charge in [-0.3, -0.25) is 10.1 Å². The van der Waals surface area contributed by atoms with Gasteiger partial charge in [0, 0.05) is 31.3 Å². The Morgan fingerprint density at radius 2 is 2.29 bits per heavy atom. The van der Waals surface area contributed by atoms with Crippen molar-refractivity contribution in [2.45, 2.75) is 25.8 Å². The fourth-order valence-electron chi connectivity index (χ4n) is 1.73. The standard InChI is InChI=1S/C12H19N3O2/c1-2-11(14-7-6-13)8-10-4-3-5-12(9-10)15(16)17/h3-5,9,11,14H,2,6-8,13H2,1H3. The SMILES string of the molecule is CCC(Cc1cccc([N+](=O)[O-])c1)NCCN. The molecule has 17 heavy (non-hydrogen) atoms. The van der Waals surface area contributed by atoms with Gasteiger partial charge in [0.25, 0.3) is 5.69 Å². The monoisotopic (exact) mass is 237 g/mol. The van der Waals surface area contributed by atoms with E-state index in [0.29, 0.717) is 12.6 Å². The summed E-state index contributed by atoms with van der Waals surface area (Å²) in [4.78, 5) is 10.3. The van der Waals surface area contributed by atoms with Crippen LogP contribution in [-0.4, -0.2) is 24.1 Å². The lowest BCUT2D eigenvalue weighted by molar-refractivity contribution is -0.384. The summed E-state index contributed by atoms with van der Waals surface area (Å²) in [6.45, 7) is 3.46. The van der Waals surface area contributed by atoms with Crippen molar-refractivity contribution in [1.29, 1.82) is 0 Å². The maximum atomic E-state index is 10.7. The maximum Gasteiger partial charge on any atom is 0.269 e. The number of benzene rings is 1. The summed E-state index contributed by atoms with van der Waals surface area (Å²) in [5, 5.41) is 14.0. The van der Waals surface area contributed by atoms with E-state index in [-0.39, 0.29) is 10.6 Å². The number of hydrogen-bond donors (Lipinski definition) is 2. The van der Waals surface area contributed by atoms with Crippen LogP contribution in [0.25, 0.3) is 0 Å². The van der Waals surface area contributed by atoms with Gasteiger partial charge in [0.05, 0.1) is 4.92 Å². The molecule has 0 amide bonds. The highest BCUT2D eigenvalue weighted by molar-refractivity contribution is 5.34. The summed E-state index contributed by atoms with van der Waals surface area (Å²) in [5.41, 5.74) is 6.57. The first-order chi connectivity index (χ1) is 8.17. The Hall–Kier alpha value is -1.46. The Morgan fingerprint density at radius 1 is 1.53 bits per heavy atom. The lowest BCUT2D eigenvalue weighted by Crippen LogP contribution is -2.34. The summed E-state index contributed by atoms with van der Waals surface area (Å²) in [6.07, 6.45) is 1.76. The average molecular weight is 237 g/mol. The minimum atomic E-state index is -0.363. The zero-order valence-corrected chi connectivity index (χ0v) is 10.1. The van der Waals surface area contributed by atoms with Gasteiger partial charge in [-0.25, -0.2) is 0 Å². The number of nitrogens with one attached hydrogen (secondary N) is 1. The minimum absolute atomic E-state index is 0.149. The molecule has 1 aromatic carbocycles. The predicted molar refractivity (Wildman–Crippen MR) is 67.9 cm³/mol. The Balaban J connectivity index is 2.65. The molecule has 1 rings (SSSR count). The number of non-ortho nitro benzene ring substituents is 1. The lowest BCUT2D eigenvalue weighted by Gasteiger charge is -2.16. The number of hydrogen-bond acceptors (Lipinski definition) is 4. The predicted octanol–water partition coefficient (Wildman–Crippen LogP) is 1.46. The molecule has 0 radical (unpaired) electrons. The molecule has 0 aliphatic rings. The normalized spacial score (nSPS) is 12.4. The van der Waals surface area contributed by atoms with Gasteiger partial charge < -0.3 is 11.1 Å². The van der Waals surface area contributed by atoms with Crippen LogP contribution < -0.4 is 11.1 Å². The van der Waals surface area contributed by atoms with Crippen molar-refractivity contribution in [2.75, 3.05) is 13.1 Å². The Labute approximate surface area is 101 Å². The van der Waals surface area contributed by atoms with Gasteiger partial charge in [0.15, 0.2) is 0 Å². The number of rotatable bonds is 7. The molecular weight excluding hydrogens is 218 g/mol. The van der Waals surface area contributed by atoms with Crippen LogP contribution >= 0.6 is 0 Å². The van der Waals surface area contributed by atoms with E-state index in [2.05, 4.69) is 12.2 Å². The molecule has 0 aliphatic carbocycles. The number of nitro groups is 1. The summed E-state index contributed by atoms with van der Waals surface area (Å²) in [6, 6.07) is 7.11. The first-order valence-corrected chi connectivity index (χ1v) is 5.84. The topological polar surface area (TPSA) is 81.2 Å². The van der Waals surface area contributed by atoms with E-state index in [4.69, 9.17) is 5.73 Å². The molecule has 5 heteroatoms. The largest absolute Gasteiger partial charge is 0.329 e. The maximum absolute atomic E-state index is 10.7. The van der Waals surface area contributed by atoms with Crippen LogP contribution in [0.3, 0.4) is 0 Å². The molecule has 0 heterocycles. The van der Waals surface area contributed by atoms with E-state index in [1.165, 1.54) is 6.07 Å². The van der Waals surface area contributed by atoms with E-state index >= 15 is 0 Å². The van der Waals surface area contributed by atoms with E-state index in [1.807, 2.05) is 6.07 Å². The van der Waals surface area contributed by atoms with Crippen LogP contribution in [-0.2, 0) is 6.42 Å². The fraction of sp³-hybridized carbons (Fsp3) is 0.500. The smallest absolute Gasteiger partial charge is 0.269 e. The molecule has 94 valence electrons. The molecule has 1 unspecified atom stereocenters. The third kappa shape index (κ3) is 4.50. The third-order valence-electron chi connectivity index (χ3n) is 2.67. The van der Waals surface area contributed by atoms with Gasteiger partial charge in [-0.1, -0.05) is 19.1 Å². The van der Waals surface area contributed by atoms with Gasteiger partial charge in [-0.05, 0) is 18.4 Å². The molecule has 0 spiro atoms. The van der Waals surface area contributed by atoms with Crippen molar-refractivity contribution in [3.63, 3.8) is 0 Å². The Bertz CT molecular complexity index is 369. The van der Waals surface area contributed by atoms with Crippen molar-refractivity contribution in [3.8, 4) is 0 Å². The second-order valence-electron chi connectivity index (χ2n) is 3.98. The molecule has 0 bridgehead atoms. The average Bonchev–Trinajstić information content (AvgIpc) is 2.34. The first-order valence-electron chi connectivity index (χ1n) is 5.84. The molecular formula is C12H19N3O2.